The first-order chi connectivity index (χ1) is 6.77. The first-order valence-corrected chi connectivity index (χ1v) is 5.35. The van der Waals surface area contributed by atoms with Crippen LogP contribution in [0.15, 0.2) is 18.2 Å². The van der Waals surface area contributed by atoms with E-state index in [2.05, 4.69) is 9.55 Å². The molecule has 0 unspecified atom stereocenters. The minimum Gasteiger partial charge on any atom is -0.311 e. The van der Waals surface area contributed by atoms with Crippen LogP contribution in [-0.2, 0) is 0 Å². The molecule has 1 heterocycles. The van der Waals surface area contributed by atoms with E-state index in [1.807, 2.05) is 18.2 Å². The van der Waals surface area contributed by atoms with Gasteiger partial charge >= 0.3 is 0 Å². The molecule has 3 rings (SSSR count). The number of halogens is 2. The minimum absolute atomic E-state index is 0.533. The van der Waals surface area contributed by atoms with Crippen molar-refractivity contribution in [2.45, 2.75) is 18.9 Å². The van der Waals surface area contributed by atoms with E-state index in [0.29, 0.717) is 16.3 Å². The molecule has 1 fully saturated rings. The minimum atomic E-state index is 0.533. The van der Waals surface area contributed by atoms with Crippen molar-refractivity contribution in [1.29, 1.82) is 0 Å². The SMILES string of the molecule is Clc1cccc2c1nc(Cl)n2C1CC1. The summed E-state index contributed by atoms with van der Waals surface area (Å²) in [5.74, 6) is 0. The van der Waals surface area contributed by atoms with Crippen molar-refractivity contribution in [3.05, 3.63) is 28.5 Å². The average molecular weight is 227 g/mol. The number of imidazole rings is 1. The van der Waals surface area contributed by atoms with E-state index in [0.717, 1.165) is 11.0 Å². The third-order valence-corrected chi connectivity index (χ3v) is 3.11. The molecule has 0 bridgehead atoms. The zero-order valence-corrected chi connectivity index (χ0v) is 8.89. The molecule has 0 spiro atoms. The normalized spacial score (nSPS) is 16.4. The van der Waals surface area contributed by atoms with Gasteiger partial charge in [0.1, 0.15) is 5.52 Å². The van der Waals surface area contributed by atoms with Gasteiger partial charge in [-0.3, -0.25) is 0 Å². The lowest BCUT2D eigenvalue weighted by Gasteiger charge is -2.01. The fourth-order valence-corrected chi connectivity index (χ4v) is 2.26. The molecular weight excluding hydrogens is 219 g/mol. The zero-order valence-electron chi connectivity index (χ0n) is 7.37. The van der Waals surface area contributed by atoms with E-state index in [9.17, 15) is 0 Å². The number of hydrogen-bond acceptors (Lipinski definition) is 1. The molecule has 1 aromatic carbocycles. The molecule has 0 saturated heterocycles. The van der Waals surface area contributed by atoms with Gasteiger partial charge in [-0.1, -0.05) is 17.7 Å². The molecule has 0 radical (unpaired) electrons. The smallest absolute Gasteiger partial charge is 0.204 e. The summed E-state index contributed by atoms with van der Waals surface area (Å²) in [6.45, 7) is 0. The highest BCUT2D eigenvalue weighted by Crippen LogP contribution is 2.40. The highest BCUT2D eigenvalue weighted by atomic mass is 35.5. The van der Waals surface area contributed by atoms with Crippen LogP contribution in [0.1, 0.15) is 18.9 Å². The lowest BCUT2D eigenvalue weighted by atomic mass is 10.3. The molecule has 0 amide bonds. The summed E-state index contributed by atoms with van der Waals surface area (Å²) in [6, 6.07) is 6.32. The summed E-state index contributed by atoms with van der Waals surface area (Å²) in [5, 5.41) is 1.22. The van der Waals surface area contributed by atoms with Crippen molar-refractivity contribution in [1.82, 2.24) is 9.55 Å². The predicted octanol–water partition coefficient (Wildman–Crippen LogP) is 3.68. The molecule has 1 saturated carbocycles. The number of aromatic nitrogens is 2. The van der Waals surface area contributed by atoms with E-state index >= 15 is 0 Å². The number of nitrogens with zero attached hydrogens (tertiary/aromatic N) is 2. The van der Waals surface area contributed by atoms with Crippen molar-refractivity contribution in [3.63, 3.8) is 0 Å². The van der Waals surface area contributed by atoms with Crippen LogP contribution in [0.3, 0.4) is 0 Å². The number of fused-ring (bicyclic) bond motifs is 1. The van der Waals surface area contributed by atoms with Gasteiger partial charge in [0.15, 0.2) is 0 Å². The molecule has 1 aromatic heterocycles. The van der Waals surface area contributed by atoms with Crippen molar-refractivity contribution < 1.29 is 0 Å². The maximum Gasteiger partial charge on any atom is 0.204 e. The fourth-order valence-electron chi connectivity index (χ4n) is 1.73. The van der Waals surface area contributed by atoms with Crippen LogP contribution in [0.5, 0.6) is 0 Å². The standard InChI is InChI=1S/C10H8Cl2N2/c11-7-2-1-3-8-9(7)13-10(12)14(8)6-4-5-6/h1-3,6H,4-5H2. The number of benzene rings is 1. The van der Waals surface area contributed by atoms with Crippen molar-refractivity contribution in [3.8, 4) is 0 Å². The Kier molecular flexibility index (Phi) is 1.76. The van der Waals surface area contributed by atoms with Crippen LogP contribution in [0.25, 0.3) is 11.0 Å². The monoisotopic (exact) mass is 226 g/mol. The van der Waals surface area contributed by atoms with Crippen LogP contribution in [-0.4, -0.2) is 9.55 Å². The molecule has 72 valence electrons. The van der Waals surface area contributed by atoms with Gasteiger partial charge in [-0.05, 0) is 36.6 Å². The van der Waals surface area contributed by atoms with Crippen molar-refractivity contribution in [2.75, 3.05) is 0 Å². The number of rotatable bonds is 1. The average Bonchev–Trinajstić information content (AvgIpc) is 2.91. The Morgan fingerprint density at radius 3 is 2.79 bits per heavy atom. The molecule has 0 atom stereocenters. The van der Waals surface area contributed by atoms with Gasteiger partial charge in [0.2, 0.25) is 5.28 Å². The van der Waals surface area contributed by atoms with Crippen LogP contribution < -0.4 is 0 Å². The lowest BCUT2D eigenvalue weighted by molar-refractivity contribution is 0.767. The van der Waals surface area contributed by atoms with E-state index in [4.69, 9.17) is 23.2 Å². The second-order valence-corrected chi connectivity index (χ2v) is 4.33. The Morgan fingerprint density at radius 1 is 1.29 bits per heavy atom. The molecule has 14 heavy (non-hydrogen) atoms. The van der Waals surface area contributed by atoms with Crippen molar-refractivity contribution in [2.24, 2.45) is 0 Å². The summed E-state index contributed by atoms with van der Waals surface area (Å²) >= 11 is 12.1. The molecule has 0 aliphatic heterocycles. The van der Waals surface area contributed by atoms with Crippen LogP contribution >= 0.6 is 23.2 Å². The van der Waals surface area contributed by atoms with Gasteiger partial charge in [0.25, 0.3) is 0 Å². The van der Waals surface area contributed by atoms with Crippen LogP contribution in [0.2, 0.25) is 10.3 Å². The quantitative estimate of drug-likeness (QED) is 0.726. The molecule has 1 aliphatic carbocycles. The number of hydrogen-bond donors (Lipinski definition) is 0. The maximum absolute atomic E-state index is 6.07. The van der Waals surface area contributed by atoms with Crippen LogP contribution in [0, 0.1) is 0 Å². The van der Waals surface area contributed by atoms with Crippen LogP contribution in [0.4, 0.5) is 0 Å². The van der Waals surface area contributed by atoms with E-state index in [-0.39, 0.29) is 0 Å². The second kappa shape index (κ2) is 2.88. The Hall–Kier alpha value is -0.730. The maximum atomic E-state index is 6.07. The van der Waals surface area contributed by atoms with Gasteiger partial charge in [-0.2, -0.15) is 0 Å². The predicted molar refractivity (Wildman–Crippen MR) is 58.0 cm³/mol. The van der Waals surface area contributed by atoms with Gasteiger partial charge in [-0.25, -0.2) is 4.98 Å². The highest BCUT2D eigenvalue weighted by Gasteiger charge is 2.27. The summed E-state index contributed by atoms with van der Waals surface area (Å²) < 4.78 is 2.07. The van der Waals surface area contributed by atoms with Crippen molar-refractivity contribution >= 4 is 34.2 Å². The molecular formula is C10H8Cl2N2. The van der Waals surface area contributed by atoms with E-state index < -0.39 is 0 Å². The molecule has 1 aliphatic rings. The summed E-state index contributed by atoms with van der Waals surface area (Å²) in [6.07, 6.45) is 2.38. The second-order valence-electron chi connectivity index (χ2n) is 3.59. The first-order valence-electron chi connectivity index (χ1n) is 4.59. The zero-order chi connectivity index (χ0) is 9.71. The molecule has 4 heteroatoms. The molecule has 2 aromatic rings. The first kappa shape index (κ1) is 8.57. The number of para-hydroxylation sites is 1. The van der Waals surface area contributed by atoms with E-state index in [1.165, 1.54) is 12.8 Å². The van der Waals surface area contributed by atoms with Gasteiger partial charge in [0.05, 0.1) is 10.5 Å². The van der Waals surface area contributed by atoms with E-state index in [1.54, 1.807) is 0 Å². The fraction of sp³-hybridized carbons (Fsp3) is 0.300. The summed E-state index contributed by atoms with van der Waals surface area (Å²) in [7, 11) is 0. The Labute approximate surface area is 91.4 Å². The lowest BCUT2D eigenvalue weighted by Crippen LogP contribution is -1.92. The Bertz CT molecular complexity index is 500. The third-order valence-electron chi connectivity index (χ3n) is 2.54. The largest absolute Gasteiger partial charge is 0.311 e. The highest BCUT2D eigenvalue weighted by molar-refractivity contribution is 6.35. The Morgan fingerprint density at radius 2 is 2.07 bits per heavy atom. The topological polar surface area (TPSA) is 17.8 Å². The summed E-state index contributed by atoms with van der Waals surface area (Å²) in [5.41, 5.74) is 1.86. The third kappa shape index (κ3) is 1.14. The molecule has 0 N–H and O–H groups in total. The Balaban J connectivity index is 2.37. The van der Waals surface area contributed by atoms with Gasteiger partial charge < -0.3 is 4.57 Å². The summed E-state index contributed by atoms with van der Waals surface area (Å²) in [4.78, 5) is 4.27. The molecule has 2 nitrogen and oxygen atoms in total. The van der Waals surface area contributed by atoms with Gasteiger partial charge in [0, 0.05) is 6.04 Å². The van der Waals surface area contributed by atoms with Gasteiger partial charge in [-0.15, -0.1) is 0 Å².